The monoisotopic (exact) mass is 782 g/mol. The Morgan fingerprint density at radius 2 is 1.32 bits per heavy atom. The molecule has 6 heteroatoms. The molecule has 4 atom stereocenters. The van der Waals surface area contributed by atoms with Crippen molar-refractivity contribution in [1.29, 1.82) is 0 Å². The Labute approximate surface area is 297 Å². The molecule has 0 saturated carbocycles. The van der Waals surface area contributed by atoms with Gasteiger partial charge in [0.25, 0.3) is 0 Å². The van der Waals surface area contributed by atoms with Gasteiger partial charge in [0.2, 0.25) is 0 Å². The Bertz CT molecular complexity index is 954. The first-order valence-electron chi connectivity index (χ1n) is 18.8. The van der Waals surface area contributed by atoms with Crippen LogP contribution < -0.4 is 0 Å². The van der Waals surface area contributed by atoms with Crippen molar-refractivity contribution < 1.29 is 18.3 Å². The average molecular weight is 782 g/mol. The van der Waals surface area contributed by atoms with E-state index in [4.69, 9.17) is 13.9 Å². The van der Waals surface area contributed by atoms with E-state index in [0.717, 1.165) is 0 Å². The third kappa shape index (κ3) is 20.5. The standard InChI is InChI=1S/C29H48FO3Si.3C4H9.Sn/c1-11-13-14-17-20-27(30)21-18-15-16-19-24(3)28(33-34(9,10)29(6,7)8)25(4)26(5)32-23-22-31-12-2;3*1-3-4-2;/h1,11,13-21,24-26,28H,12,22-23H2,2-10H3;3*1,3-4H2,2H3;/b11-1?,14-13+,18-15+,19-16-,20-17+,27-21-;;;;/t24-,25-,26-,28+;;;;/m0..../s1. The molecule has 0 N–H and O–H groups in total. The van der Waals surface area contributed by atoms with Crippen molar-refractivity contribution in [3.63, 3.8) is 0 Å². The summed E-state index contributed by atoms with van der Waals surface area (Å²) >= 11 is -2.26. The molecule has 0 aromatic carbocycles. The molecule has 0 aliphatic carbocycles. The molecule has 0 aliphatic heterocycles. The van der Waals surface area contributed by atoms with E-state index in [1.165, 1.54) is 64.0 Å². The van der Waals surface area contributed by atoms with Crippen molar-refractivity contribution in [3.05, 3.63) is 70.7 Å². The number of hydrogen-bond donors (Lipinski definition) is 0. The van der Waals surface area contributed by atoms with Crippen molar-refractivity contribution in [1.82, 2.24) is 0 Å². The first-order valence-corrected chi connectivity index (χ1v) is 29.4. The SMILES string of the molecule is CCC[CH2][Sn](/[CH]=C/C=C/C=C/C(F)=C/C=C/C=C\[C@H](C)[C@@H](O[Si](C)(C)C(C)(C)C)[C@@H](C)[C@H](C)OCCOCC)([CH2]CCC)[CH2]CCC. The maximum atomic E-state index is 14.5. The molecule has 0 spiro atoms. The maximum absolute atomic E-state index is 14.5. The fourth-order valence-corrected chi connectivity index (χ4v) is 21.0. The number of hydrogen-bond acceptors (Lipinski definition) is 3. The molecular weight excluding hydrogens is 706 g/mol. The molecule has 0 amide bonds. The average Bonchev–Trinajstić information content (AvgIpc) is 3.02. The predicted octanol–water partition coefficient (Wildman–Crippen LogP) is 13.1. The molecule has 47 heavy (non-hydrogen) atoms. The van der Waals surface area contributed by atoms with E-state index < -0.39 is 26.7 Å². The Balaban J connectivity index is 5.44. The van der Waals surface area contributed by atoms with E-state index in [-0.39, 0.29) is 34.9 Å². The molecule has 0 heterocycles. The summed E-state index contributed by atoms with van der Waals surface area (Å²) in [4.78, 5) is 0. The number of halogens is 1. The fraction of sp³-hybridized carbons (Fsp3) is 0.707. The second-order valence-corrected chi connectivity index (χ2v) is 32.7. The van der Waals surface area contributed by atoms with Gasteiger partial charge in [0.1, 0.15) is 0 Å². The zero-order valence-corrected chi connectivity index (χ0v) is 36.6. The summed E-state index contributed by atoms with van der Waals surface area (Å²) in [6.07, 6.45) is 27.0. The van der Waals surface area contributed by atoms with Gasteiger partial charge in [0.05, 0.1) is 25.4 Å². The second-order valence-electron chi connectivity index (χ2n) is 14.9. The van der Waals surface area contributed by atoms with Gasteiger partial charge in [-0.1, -0.05) is 34.6 Å². The summed E-state index contributed by atoms with van der Waals surface area (Å²) in [5.74, 6) is 0.108. The van der Waals surface area contributed by atoms with E-state index in [2.05, 4.69) is 97.7 Å². The fourth-order valence-electron chi connectivity index (χ4n) is 5.43. The van der Waals surface area contributed by atoms with Crippen LogP contribution in [0.3, 0.4) is 0 Å². The molecule has 0 unspecified atom stereocenters. The van der Waals surface area contributed by atoms with E-state index in [1.54, 1.807) is 12.2 Å². The first kappa shape index (κ1) is 46.3. The molecule has 0 aliphatic rings. The molecule has 0 rings (SSSR count). The molecule has 0 fully saturated rings. The number of ether oxygens (including phenoxy) is 2. The third-order valence-corrected chi connectivity index (χ3v) is 28.4. The van der Waals surface area contributed by atoms with Crippen LogP contribution in [0.25, 0.3) is 0 Å². The first-order chi connectivity index (χ1) is 22.2. The topological polar surface area (TPSA) is 27.7 Å². The van der Waals surface area contributed by atoms with Gasteiger partial charge in [0, 0.05) is 12.5 Å². The number of unbranched alkanes of at least 4 members (excludes halogenated alkanes) is 3. The summed E-state index contributed by atoms with van der Waals surface area (Å²) in [6, 6.07) is 0. The van der Waals surface area contributed by atoms with Crippen LogP contribution in [0, 0.1) is 11.8 Å². The molecule has 0 saturated heterocycles. The summed E-state index contributed by atoms with van der Waals surface area (Å²) < 4.78 is 40.1. The summed E-state index contributed by atoms with van der Waals surface area (Å²) in [5, 5.41) is 0.111. The minimum absolute atomic E-state index is 0.0119. The van der Waals surface area contributed by atoms with Crippen molar-refractivity contribution in [3.8, 4) is 0 Å². The van der Waals surface area contributed by atoms with Crippen LogP contribution in [0.2, 0.25) is 31.4 Å². The normalized spacial score (nSPS) is 16.8. The Kier molecular flexibility index (Phi) is 25.7. The number of rotatable bonds is 26. The van der Waals surface area contributed by atoms with Crippen LogP contribution in [0.4, 0.5) is 4.39 Å². The molecule has 0 radical (unpaired) electrons. The van der Waals surface area contributed by atoms with Crippen molar-refractivity contribution in [2.24, 2.45) is 11.8 Å². The molecule has 272 valence electrons. The Morgan fingerprint density at radius 3 is 1.85 bits per heavy atom. The van der Waals surface area contributed by atoms with Crippen molar-refractivity contribution in [2.45, 2.75) is 151 Å². The van der Waals surface area contributed by atoms with Gasteiger partial charge in [-0.2, -0.15) is 0 Å². The van der Waals surface area contributed by atoms with Crippen molar-refractivity contribution >= 4 is 26.7 Å². The van der Waals surface area contributed by atoms with E-state index in [9.17, 15) is 4.39 Å². The molecule has 0 aromatic rings. The van der Waals surface area contributed by atoms with Crippen molar-refractivity contribution in [2.75, 3.05) is 19.8 Å². The predicted molar refractivity (Wildman–Crippen MR) is 212 cm³/mol. The van der Waals surface area contributed by atoms with Gasteiger partial charge in [-0.05, 0) is 37.9 Å². The summed E-state index contributed by atoms with van der Waals surface area (Å²) in [6.45, 7) is 28.8. The minimum atomic E-state index is -2.26. The van der Waals surface area contributed by atoms with Gasteiger partial charge in [-0.15, -0.1) is 0 Å². The molecular formula is C41H75FO3SiSn. The third-order valence-electron chi connectivity index (χ3n) is 9.84. The van der Waals surface area contributed by atoms with E-state index in [0.29, 0.717) is 19.8 Å². The van der Waals surface area contributed by atoms with Gasteiger partial charge in [0.15, 0.2) is 8.32 Å². The van der Waals surface area contributed by atoms with Gasteiger partial charge in [-0.25, -0.2) is 0 Å². The van der Waals surface area contributed by atoms with Gasteiger partial charge < -0.3 is 13.9 Å². The summed E-state index contributed by atoms with van der Waals surface area (Å²) in [5.41, 5.74) is 0. The van der Waals surface area contributed by atoms with Gasteiger partial charge in [-0.3, -0.25) is 0 Å². The van der Waals surface area contributed by atoms with Crippen LogP contribution in [0.1, 0.15) is 108 Å². The van der Waals surface area contributed by atoms with Gasteiger partial charge >= 0.3 is 166 Å². The number of allylic oxidation sites excluding steroid dienone is 10. The van der Waals surface area contributed by atoms with Crippen LogP contribution in [0.5, 0.6) is 0 Å². The molecule has 0 bridgehead atoms. The zero-order valence-electron chi connectivity index (χ0n) is 32.7. The Hall–Kier alpha value is -0.734. The zero-order chi connectivity index (χ0) is 35.8. The Morgan fingerprint density at radius 1 is 0.766 bits per heavy atom. The van der Waals surface area contributed by atoms with E-state index >= 15 is 0 Å². The second kappa shape index (κ2) is 26.1. The van der Waals surface area contributed by atoms with Crippen LogP contribution >= 0.6 is 0 Å². The molecule has 0 aromatic heterocycles. The van der Waals surface area contributed by atoms with Crippen LogP contribution in [-0.2, 0) is 13.9 Å². The molecule has 3 nitrogen and oxygen atoms in total. The quantitative estimate of drug-likeness (QED) is 0.0497. The summed E-state index contributed by atoms with van der Waals surface area (Å²) in [7, 11) is -2.01. The van der Waals surface area contributed by atoms with Crippen LogP contribution in [-0.4, -0.2) is 58.7 Å². The van der Waals surface area contributed by atoms with E-state index in [1.807, 2.05) is 25.2 Å². The van der Waals surface area contributed by atoms with Crippen LogP contribution in [0.15, 0.2) is 70.7 Å².